The highest BCUT2D eigenvalue weighted by atomic mass is 35.7. The molecule has 0 unspecified atom stereocenters. The molecular formula is C13H18ClNO4S. The van der Waals surface area contributed by atoms with E-state index in [-0.39, 0.29) is 23.0 Å². The van der Waals surface area contributed by atoms with Crippen molar-refractivity contribution >= 4 is 25.6 Å². The number of methoxy groups -OCH3 is 1. The van der Waals surface area contributed by atoms with Gasteiger partial charge in [-0.2, -0.15) is 0 Å². The van der Waals surface area contributed by atoms with Gasteiger partial charge in [0.15, 0.2) is 0 Å². The summed E-state index contributed by atoms with van der Waals surface area (Å²) in [4.78, 5) is 11.9. The van der Waals surface area contributed by atoms with Gasteiger partial charge in [-0.25, -0.2) is 8.42 Å². The van der Waals surface area contributed by atoms with Gasteiger partial charge in [-0.1, -0.05) is 13.3 Å². The zero-order valence-corrected chi connectivity index (χ0v) is 13.1. The number of halogens is 1. The highest BCUT2D eigenvalue weighted by Gasteiger charge is 2.15. The predicted octanol–water partition coefficient (Wildman–Crippen LogP) is 2.29. The number of rotatable bonds is 7. The van der Waals surface area contributed by atoms with Gasteiger partial charge in [-0.15, -0.1) is 0 Å². The van der Waals surface area contributed by atoms with Crippen molar-refractivity contribution in [1.29, 1.82) is 0 Å². The summed E-state index contributed by atoms with van der Waals surface area (Å²) in [7, 11) is 2.93. The van der Waals surface area contributed by atoms with Crippen molar-refractivity contribution in [2.24, 2.45) is 0 Å². The fourth-order valence-corrected chi connectivity index (χ4v) is 2.49. The third-order valence-electron chi connectivity index (χ3n) is 2.64. The molecular weight excluding hydrogens is 302 g/mol. The molecule has 1 aromatic carbocycles. The van der Waals surface area contributed by atoms with Crippen molar-refractivity contribution in [2.45, 2.75) is 31.3 Å². The van der Waals surface area contributed by atoms with Crippen LogP contribution in [-0.2, 0) is 20.4 Å². The smallest absolute Gasteiger partial charge is 0.261 e. The number of ether oxygens (including phenoxy) is 1. The first-order valence-electron chi connectivity index (χ1n) is 6.24. The average Bonchev–Trinajstić information content (AvgIpc) is 2.38. The maximum Gasteiger partial charge on any atom is 0.261 e. The molecule has 5 nitrogen and oxygen atoms in total. The lowest BCUT2D eigenvalue weighted by molar-refractivity contribution is 0.0952. The number of hydrogen-bond donors (Lipinski definition) is 1. The van der Waals surface area contributed by atoms with Crippen molar-refractivity contribution < 1.29 is 17.9 Å². The third-order valence-corrected chi connectivity index (χ3v) is 3.97. The molecule has 112 valence electrons. The van der Waals surface area contributed by atoms with E-state index in [9.17, 15) is 13.2 Å². The van der Waals surface area contributed by atoms with E-state index in [1.807, 2.05) is 6.92 Å². The van der Waals surface area contributed by atoms with Crippen molar-refractivity contribution in [3.63, 3.8) is 0 Å². The second kappa shape index (κ2) is 7.61. The minimum atomic E-state index is -3.89. The number of carbonyl (C=O) groups excluding carboxylic acids is 1. The monoisotopic (exact) mass is 319 g/mol. The number of carbonyl (C=O) groups is 1. The van der Waals surface area contributed by atoms with Gasteiger partial charge >= 0.3 is 0 Å². The molecule has 0 fully saturated rings. The topological polar surface area (TPSA) is 72.5 Å². The summed E-state index contributed by atoms with van der Waals surface area (Å²) in [6.07, 6.45) is 1.83. The molecule has 0 aliphatic carbocycles. The van der Waals surface area contributed by atoms with Crippen molar-refractivity contribution in [2.75, 3.05) is 13.7 Å². The van der Waals surface area contributed by atoms with Crippen LogP contribution in [0.5, 0.6) is 0 Å². The fraction of sp³-hybridized carbons (Fsp3) is 0.462. The lowest BCUT2D eigenvalue weighted by Gasteiger charge is -2.08. The van der Waals surface area contributed by atoms with Crippen LogP contribution in [0.25, 0.3) is 0 Å². The van der Waals surface area contributed by atoms with E-state index in [1.54, 1.807) is 6.07 Å². The molecule has 1 aromatic rings. The Morgan fingerprint density at radius 3 is 2.60 bits per heavy atom. The molecule has 0 heterocycles. The average molecular weight is 320 g/mol. The lowest BCUT2D eigenvalue weighted by Crippen LogP contribution is -2.24. The zero-order valence-electron chi connectivity index (χ0n) is 11.5. The summed E-state index contributed by atoms with van der Waals surface area (Å²) in [5.74, 6) is -0.321. The molecule has 1 N–H and O–H groups in total. The van der Waals surface area contributed by atoms with Crippen LogP contribution in [0.1, 0.15) is 35.7 Å². The summed E-state index contributed by atoms with van der Waals surface area (Å²) >= 11 is 0. The second-order valence-electron chi connectivity index (χ2n) is 4.35. The zero-order chi connectivity index (χ0) is 15.2. The maximum absolute atomic E-state index is 12.0. The predicted molar refractivity (Wildman–Crippen MR) is 77.4 cm³/mol. The molecule has 0 saturated heterocycles. The fourth-order valence-electron chi connectivity index (χ4n) is 1.66. The van der Waals surface area contributed by atoms with Crippen molar-refractivity contribution in [3.8, 4) is 0 Å². The SMILES string of the molecule is CCCCNC(=O)c1cc(COC)cc(S(=O)(=O)Cl)c1. The molecule has 0 aliphatic heterocycles. The summed E-state index contributed by atoms with van der Waals surface area (Å²) in [5, 5.41) is 2.73. The Kier molecular flexibility index (Phi) is 6.45. The van der Waals surface area contributed by atoms with Crippen LogP contribution in [0.2, 0.25) is 0 Å². The van der Waals surface area contributed by atoms with Crippen LogP contribution in [0.4, 0.5) is 0 Å². The van der Waals surface area contributed by atoms with Gasteiger partial charge in [0.2, 0.25) is 0 Å². The summed E-state index contributed by atoms with van der Waals surface area (Å²) < 4.78 is 27.8. The van der Waals surface area contributed by atoms with Crippen molar-refractivity contribution in [3.05, 3.63) is 29.3 Å². The van der Waals surface area contributed by atoms with E-state index in [2.05, 4.69) is 5.32 Å². The van der Waals surface area contributed by atoms with Crippen LogP contribution in [0.15, 0.2) is 23.1 Å². The van der Waals surface area contributed by atoms with E-state index in [4.69, 9.17) is 15.4 Å². The summed E-state index contributed by atoms with van der Waals surface area (Å²) in [6.45, 7) is 2.77. The lowest BCUT2D eigenvalue weighted by atomic mass is 10.1. The van der Waals surface area contributed by atoms with Crippen LogP contribution < -0.4 is 5.32 Å². The standard InChI is InChI=1S/C13H18ClNO4S/c1-3-4-5-15-13(16)11-6-10(9-19-2)7-12(8-11)20(14,17)18/h6-8H,3-5,9H2,1-2H3,(H,15,16). The molecule has 0 bridgehead atoms. The Morgan fingerprint density at radius 1 is 1.35 bits per heavy atom. The van der Waals surface area contributed by atoms with Gasteiger partial charge in [-0.3, -0.25) is 4.79 Å². The normalized spacial score (nSPS) is 11.3. The van der Waals surface area contributed by atoms with Crippen LogP contribution in [-0.4, -0.2) is 28.0 Å². The van der Waals surface area contributed by atoms with E-state index < -0.39 is 9.05 Å². The highest BCUT2D eigenvalue weighted by Crippen LogP contribution is 2.19. The minimum absolute atomic E-state index is 0.102. The van der Waals surface area contributed by atoms with Crippen molar-refractivity contribution in [1.82, 2.24) is 5.32 Å². The quantitative estimate of drug-likeness (QED) is 0.618. The van der Waals surface area contributed by atoms with E-state index in [1.165, 1.54) is 19.2 Å². The maximum atomic E-state index is 12.0. The van der Waals surface area contributed by atoms with E-state index in [0.29, 0.717) is 12.1 Å². The Morgan fingerprint density at radius 2 is 2.05 bits per heavy atom. The van der Waals surface area contributed by atoms with Gasteiger partial charge in [0.25, 0.3) is 15.0 Å². The number of benzene rings is 1. The highest BCUT2D eigenvalue weighted by molar-refractivity contribution is 8.13. The van der Waals surface area contributed by atoms with Gasteiger partial charge in [0.05, 0.1) is 11.5 Å². The van der Waals surface area contributed by atoms with Crippen LogP contribution >= 0.6 is 10.7 Å². The first-order valence-corrected chi connectivity index (χ1v) is 8.55. The first-order chi connectivity index (χ1) is 9.38. The Hall–Kier alpha value is -1.11. The van der Waals surface area contributed by atoms with E-state index >= 15 is 0 Å². The number of unbranched alkanes of at least 4 members (excludes halogenated alkanes) is 1. The van der Waals surface area contributed by atoms with Crippen LogP contribution in [0.3, 0.4) is 0 Å². The minimum Gasteiger partial charge on any atom is -0.380 e. The van der Waals surface area contributed by atoms with Gasteiger partial charge < -0.3 is 10.1 Å². The molecule has 1 rings (SSSR count). The van der Waals surface area contributed by atoms with Gasteiger partial charge in [0.1, 0.15) is 0 Å². The number of amides is 1. The molecule has 0 saturated carbocycles. The van der Waals surface area contributed by atoms with Gasteiger partial charge in [0, 0.05) is 29.9 Å². The molecule has 20 heavy (non-hydrogen) atoms. The molecule has 0 aliphatic rings. The second-order valence-corrected chi connectivity index (χ2v) is 6.91. The third kappa shape index (κ3) is 5.11. The summed E-state index contributed by atoms with van der Waals surface area (Å²) in [6, 6.07) is 4.26. The molecule has 1 amide bonds. The first kappa shape index (κ1) is 16.9. The number of hydrogen-bond acceptors (Lipinski definition) is 4. The van der Waals surface area contributed by atoms with Crippen LogP contribution in [0, 0.1) is 0 Å². The molecule has 0 spiro atoms. The van der Waals surface area contributed by atoms with Gasteiger partial charge in [-0.05, 0) is 30.2 Å². The molecule has 0 radical (unpaired) electrons. The Balaban J connectivity index is 3.05. The Bertz CT molecular complexity index is 572. The molecule has 7 heteroatoms. The molecule has 0 atom stereocenters. The number of nitrogens with one attached hydrogen (secondary N) is 1. The van der Waals surface area contributed by atoms with E-state index in [0.717, 1.165) is 12.8 Å². The summed E-state index contributed by atoms with van der Waals surface area (Å²) in [5.41, 5.74) is 0.838. The largest absolute Gasteiger partial charge is 0.380 e. The molecule has 0 aromatic heterocycles. The Labute approximate surface area is 123 Å².